The Balaban J connectivity index is 1.40. The number of methoxy groups -OCH3 is 1. The number of benzene rings is 2. The lowest BCUT2D eigenvalue weighted by Gasteiger charge is -2.29. The maximum absolute atomic E-state index is 5.74. The molecule has 1 fully saturated rings. The Morgan fingerprint density at radius 3 is 2.74 bits per heavy atom. The van der Waals surface area contributed by atoms with Crippen molar-refractivity contribution in [3.8, 4) is 23.5 Å². The first-order valence-corrected chi connectivity index (χ1v) is 11.6. The maximum Gasteiger partial charge on any atom is 0.152 e. The second-order valence-corrected chi connectivity index (χ2v) is 8.13. The highest BCUT2D eigenvalue weighted by Gasteiger charge is 2.17. The van der Waals surface area contributed by atoms with Crippen LogP contribution in [0.3, 0.4) is 0 Å². The van der Waals surface area contributed by atoms with Gasteiger partial charge in [-0.05, 0) is 53.8 Å². The van der Waals surface area contributed by atoms with Gasteiger partial charge in [-0.15, -0.1) is 0 Å². The van der Waals surface area contributed by atoms with Crippen molar-refractivity contribution in [1.29, 1.82) is 0 Å². The van der Waals surface area contributed by atoms with E-state index >= 15 is 0 Å². The van der Waals surface area contributed by atoms with Crippen LogP contribution in [0.25, 0.3) is 5.57 Å². The van der Waals surface area contributed by atoms with E-state index < -0.39 is 0 Å². The van der Waals surface area contributed by atoms with Gasteiger partial charge in [-0.25, -0.2) is 0 Å². The summed E-state index contributed by atoms with van der Waals surface area (Å²) in [5, 5.41) is 10.3. The number of ether oxygens (including phenoxy) is 3. The minimum absolute atomic E-state index is 0.128. The van der Waals surface area contributed by atoms with Gasteiger partial charge in [0.05, 0.1) is 38.2 Å². The van der Waals surface area contributed by atoms with Gasteiger partial charge in [0.15, 0.2) is 6.29 Å². The lowest BCUT2D eigenvalue weighted by molar-refractivity contribution is 0.0342. The number of nitrogens with zero attached hydrogens (tertiary/aromatic N) is 1. The molecular weight excluding hydrogens is 430 g/mol. The van der Waals surface area contributed by atoms with Crippen LogP contribution in [0.5, 0.6) is 11.5 Å². The number of hydrogen-bond donors (Lipinski definition) is 4. The molecule has 0 bridgehead atoms. The fourth-order valence-electron chi connectivity index (χ4n) is 4.09. The molecule has 1 saturated heterocycles. The molecule has 2 aromatic carbocycles. The van der Waals surface area contributed by atoms with E-state index in [0.29, 0.717) is 13.2 Å². The van der Waals surface area contributed by atoms with Gasteiger partial charge < -0.3 is 30.6 Å². The number of anilines is 1. The molecule has 4 rings (SSSR count). The minimum Gasteiger partial charge on any atom is -0.495 e. The number of nitrogens with two attached hydrogens (primary N) is 1. The van der Waals surface area contributed by atoms with E-state index in [4.69, 9.17) is 19.9 Å². The fourth-order valence-corrected chi connectivity index (χ4v) is 4.09. The Hall–Kier alpha value is -3.38. The molecule has 5 N–H and O–H groups in total. The van der Waals surface area contributed by atoms with E-state index in [-0.39, 0.29) is 6.29 Å². The summed E-state index contributed by atoms with van der Waals surface area (Å²) in [4.78, 5) is 2.40. The zero-order chi connectivity index (χ0) is 23.8. The second-order valence-electron chi connectivity index (χ2n) is 8.13. The first-order valence-electron chi connectivity index (χ1n) is 11.6. The summed E-state index contributed by atoms with van der Waals surface area (Å²) in [6.45, 7) is 7.62. The summed E-state index contributed by atoms with van der Waals surface area (Å²) in [6, 6.07) is 14.7. The molecule has 2 aliphatic rings. The monoisotopic (exact) mass is 463 g/mol. The first kappa shape index (κ1) is 23.8. The molecular formula is C26H33N5O3. The summed E-state index contributed by atoms with van der Waals surface area (Å²) in [7, 11) is 1.70. The number of nitrogens with one attached hydrogen (secondary N) is 3. The Bertz CT molecular complexity index is 1070. The van der Waals surface area contributed by atoms with Gasteiger partial charge in [0, 0.05) is 38.4 Å². The number of rotatable bonds is 8. The number of hydrogen-bond acceptors (Lipinski definition) is 8. The van der Waals surface area contributed by atoms with Gasteiger partial charge in [-0.1, -0.05) is 12.1 Å². The second kappa shape index (κ2) is 11.7. The van der Waals surface area contributed by atoms with Gasteiger partial charge in [-0.3, -0.25) is 10.2 Å². The van der Waals surface area contributed by atoms with E-state index in [2.05, 4.69) is 51.0 Å². The molecule has 1 unspecified atom stereocenters. The highest BCUT2D eigenvalue weighted by molar-refractivity contribution is 5.70. The van der Waals surface area contributed by atoms with Gasteiger partial charge in [-0.2, -0.15) is 0 Å². The molecule has 2 heterocycles. The highest BCUT2D eigenvalue weighted by Crippen LogP contribution is 2.28. The number of morpholine rings is 1. The van der Waals surface area contributed by atoms with Gasteiger partial charge >= 0.3 is 0 Å². The van der Waals surface area contributed by atoms with Crippen molar-refractivity contribution in [3.05, 3.63) is 59.3 Å². The molecule has 2 aromatic rings. The molecule has 8 heteroatoms. The summed E-state index contributed by atoms with van der Waals surface area (Å²) in [5.41, 5.74) is 10.5. The lowest BCUT2D eigenvalue weighted by Crippen LogP contribution is -2.49. The quantitative estimate of drug-likeness (QED) is 0.350. The Morgan fingerprint density at radius 2 is 2.03 bits per heavy atom. The van der Waals surface area contributed by atoms with E-state index in [1.807, 2.05) is 31.3 Å². The molecule has 0 spiro atoms. The predicted molar refractivity (Wildman–Crippen MR) is 134 cm³/mol. The molecule has 0 aromatic heterocycles. The first-order chi connectivity index (χ1) is 16.7. The Kier molecular flexibility index (Phi) is 8.15. The third-order valence-electron chi connectivity index (χ3n) is 5.86. The predicted octanol–water partition coefficient (Wildman–Crippen LogP) is 2.12. The van der Waals surface area contributed by atoms with Crippen LogP contribution in [0.4, 0.5) is 5.69 Å². The molecule has 180 valence electrons. The van der Waals surface area contributed by atoms with Crippen LogP contribution in [-0.4, -0.2) is 57.8 Å². The molecule has 0 aliphatic carbocycles. The van der Waals surface area contributed by atoms with Gasteiger partial charge in [0.25, 0.3) is 0 Å². The Morgan fingerprint density at radius 1 is 1.18 bits per heavy atom. The summed E-state index contributed by atoms with van der Waals surface area (Å²) in [6.07, 6.45) is 1.89. The standard InChI is InChI=1S/C26H33N5O3/c1-3-34-24-15-21(6-5-20(24)8-9-27)22-16-28-26(29-17-22)30-23-7-4-19(14-25(23)32-2)18-31-10-12-33-13-11-31/h4-7,14-16,26,28-30H,3,10-13,17-18,27H2,1-2H3. The molecule has 34 heavy (non-hydrogen) atoms. The molecule has 0 radical (unpaired) electrons. The molecule has 2 aliphatic heterocycles. The Labute approximate surface area is 201 Å². The van der Waals surface area contributed by atoms with Crippen molar-refractivity contribution in [3.63, 3.8) is 0 Å². The van der Waals surface area contributed by atoms with Crippen molar-refractivity contribution < 1.29 is 14.2 Å². The molecule has 0 amide bonds. The van der Waals surface area contributed by atoms with Gasteiger partial charge in [0.1, 0.15) is 11.5 Å². The largest absolute Gasteiger partial charge is 0.495 e. The summed E-state index contributed by atoms with van der Waals surface area (Å²) < 4.78 is 16.8. The normalized spacial score (nSPS) is 18.2. The average Bonchev–Trinajstić information content (AvgIpc) is 2.87. The van der Waals surface area contributed by atoms with Gasteiger partial charge in [0.2, 0.25) is 0 Å². The molecule has 1 atom stereocenters. The van der Waals surface area contributed by atoms with Crippen molar-refractivity contribution in [2.75, 3.05) is 51.9 Å². The molecule has 8 nitrogen and oxygen atoms in total. The smallest absolute Gasteiger partial charge is 0.152 e. The molecule has 0 saturated carbocycles. The minimum atomic E-state index is -0.128. The van der Waals surface area contributed by atoms with Crippen molar-refractivity contribution in [2.45, 2.75) is 19.8 Å². The van der Waals surface area contributed by atoms with E-state index in [0.717, 1.165) is 66.7 Å². The van der Waals surface area contributed by atoms with Crippen LogP contribution in [0.1, 0.15) is 23.6 Å². The van der Waals surface area contributed by atoms with Crippen molar-refractivity contribution in [2.24, 2.45) is 5.73 Å². The van der Waals surface area contributed by atoms with Crippen LogP contribution in [0.15, 0.2) is 42.6 Å². The highest BCUT2D eigenvalue weighted by atomic mass is 16.5. The SMILES string of the molecule is CCOc1cc(C2=CNC(Nc3ccc(CN4CCOCC4)cc3OC)NC2)ccc1C#CN. The van der Waals surface area contributed by atoms with Crippen LogP contribution in [0.2, 0.25) is 0 Å². The van der Waals surface area contributed by atoms with Crippen LogP contribution < -0.4 is 31.2 Å². The zero-order valence-electron chi connectivity index (χ0n) is 19.8. The van der Waals surface area contributed by atoms with Crippen LogP contribution in [-0.2, 0) is 11.3 Å². The average molecular weight is 464 g/mol. The van der Waals surface area contributed by atoms with Crippen LogP contribution >= 0.6 is 0 Å². The lowest BCUT2D eigenvalue weighted by atomic mass is 10.0. The van der Waals surface area contributed by atoms with Crippen molar-refractivity contribution in [1.82, 2.24) is 15.5 Å². The summed E-state index contributed by atoms with van der Waals surface area (Å²) in [5.74, 6) is 4.44. The van der Waals surface area contributed by atoms with Crippen molar-refractivity contribution >= 4 is 11.3 Å². The fraction of sp³-hybridized carbons (Fsp3) is 0.385. The van der Waals surface area contributed by atoms with Crippen LogP contribution in [0, 0.1) is 12.0 Å². The third kappa shape index (κ3) is 5.94. The summed E-state index contributed by atoms with van der Waals surface area (Å²) >= 11 is 0. The zero-order valence-corrected chi connectivity index (χ0v) is 19.8. The third-order valence-corrected chi connectivity index (χ3v) is 5.86. The van der Waals surface area contributed by atoms with E-state index in [9.17, 15) is 0 Å². The maximum atomic E-state index is 5.74. The van der Waals surface area contributed by atoms with E-state index in [1.165, 1.54) is 5.56 Å². The topological polar surface area (TPSA) is 93.0 Å². The van der Waals surface area contributed by atoms with E-state index in [1.54, 1.807) is 7.11 Å².